The molecule has 3 amide bonds. The number of anilines is 2. The maximum absolute atomic E-state index is 12.8. The number of benzene rings is 3. The van der Waals surface area contributed by atoms with Gasteiger partial charge < -0.3 is 10.6 Å². The lowest BCUT2D eigenvalue weighted by Crippen LogP contribution is -2.31. The zero-order valence-electron chi connectivity index (χ0n) is 18.2. The summed E-state index contributed by atoms with van der Waals surface area (Å²) in [6, 6.07) is 21.6. The number of halogens is 1. The molecule has 0 bridgehead atoms. The second kappa shape index (κ2) is 9.30. The zero-order valence-corrected chi connectivity index (χ0v) is 18.9. The summed E-state index contributed by atoms with van der Waals surface area (Å²) in [7, 11) is 0. The fraction of sp³-hybridized carbons (Fsp3) is 0.115. The van der Waals surface area contributed by atoms with Crippen LogP contribution in [-0.2, 0) is 16.1 Å². The van der Waals surface area contributed by atoms with Crippen LogP contribution in [0.1, 0.15) is 27.0 Å². The summed E-state index contributed by atoms with van der Waals surface area (Å²) < 4.78 is 0. The van der Waals surface area contributed by atoms with E-state index in [1.807, 2.05) is 62.4 Å². The summed E-state index contributed by atoms with van der Waals surface area (Å²) in [6.45, 7) is 4.07. The van der Waals surface area contributed by atoms with Crippen molar-refractivity contribution in [2.45, 2.75) is 20.4 Å². The standard InChI is InChI=1S/C26H22ClN3O3/c1-16-8-13-21(17(2)14-16)29-24(31)19-9-11-20(12-10-19)28-23-22(27)25(32)30(26(23)33)15-18-6-4-3-5-7-18/h3-14,28H,15H2,1-2H3,(H,29,31). The molecule has 3 aromatic rings. The van der Waals surface area contributed by atoms with E-state index in [1.54, 1.807) is 24.3 Å². The first-order valence-corrected chi connectivity index (χ1v) is 10.8. The Morgan fingerprint density at radius 1 is 0.909 bits per heavy atom. The van der Waals surface area contributed by atoms with Crippen LogP contribution in [0.25, 0.3) is 0 Å². The number of nitrogens with zero attached hydrogens (tertiary/aromatic N) is 1. The number of hydrogen-bond donors (Lipinski definition) is 2. The molecule has 6 nitrogen and oxygen atoms in total. The summed E-state index contributed by atoms with van der Waals surface area (Å²) in [4.78, 5) is 39.0. The smallest absolute Gasteiger partial charge is 0.279 e. The molecule has 4 rings (SSSR count). The van der Waals surface area contributed by atoms with Gasteiger partial charge in [0.2, 0.25) is 0 Å². The third-order valence-electron chi connectivity index (χ3n) is 5.34. The Labute approximate surface area is 196 Å². The topological polar surface area (TPSA) is 78.5 Å². The van der Waals surface area contributed by atoms with Crippen LogP contribution in [0, 0.1) is 13.8 Å². The molecule has 0 spiro atoms. The molecule has 2 N–H and O–H groups in total. The molecule has 0 atom stereocenters. The highest BCUT2D eigenvalue weighted by Gasteiger charge is 2.37. The minimum absolute atomic E-state index is 0.0186. The Kier molecular flexibility index (Phi) is 6.29. The predicted molar refractivity (Wildman–Crippen MR) is 129 cm³/mol. The van der Waals surface area contributed by atoms with Crippen molar-refractivity contribution in [2.24, 2.45) is 0 Å². The first-order chi connectivity index (χ1) is 15.8. The van der Waals surface area contributed by atoms with E-state index in [4.69, 9.17) is 11.6 Å². The molecular formula is C26H22ClN3O3. The Morgan fingerprint density at radius 2 is 1.61 bits per heavy atom. The van der Waals surface area contributed by atoms with E-state index in [0.29, 0.717) is 11.3 Å². The van der Waals surface area contributed by atoms with Gasteiger partial charge in [-0.05, 0) is 55.3 Å². The lowest BCUT2D eigenvalue weighted by Gasteiger charge is -2.15. The summed E-state index contributed by atoms with van der Waals surface area (Å²) in [6.07, 6.45) is 0. The fourth-order valence-corrected chi connectivity index (χ4v) is 3.79. The minimum atomic E-state index is -0.544. The monoisotopic (exact) mass is 459 g/mol. The molecule has 0 radical (unpaired) electrons. The molecule has 1 aliphatic heterocycles. The maximum Gasteiger partial charge on any atom is 0.279 e. The molecule has 0 unspecified atom stereocenters. The third kappa shape index (κ3) is 4.81. The van der Waals surface area contributed by atoms with Gasteiger partial charge in [0.1, 0.15) is 10.7 Å². The van der Waals surface area contributed by atoms with Gasteiger partial charge in [-0.2, -0.15) is 0 Å². The Bertz CT molecular complexity index is 1270. The summed E-state index contributed by atoms with van der Waals surface area (Å²) in [5, 5.41) is 5.66. The van der Waals surface area contributed by atoms with Gasteiger partial charge >= 0.3 is 0 Å². The van der Waals surface area contributed by atoms with E-state index < -0.39 is 11.8 Å². The lowest BCUT2D eigenvalue weighted by atomic mass is 10.1. The summed E-state index contributed by atoms with van der Waals surface area (Å²) >= 11 is 6.17. The van der Waals surface area contributed by atoms with Gasteiger partial charge in [-0.25, -0.2) is 0 Å². The number of amides is 3. The molecule has 7 heteroatoms. The van der Waals surface area contributed by atoms with Crippen LogP contribution in [0.4, 0.5) is 11.4 Å². The summed E-state index contributed by atoms with van der Waals surface area (Å²) in [5.41, 5.74) is 4.69. The second-order valence-electron chi connectivity index (χ2n) is 7.85. The van der Waals surface area contributed by atoms with Gasteiger partial charge in [-0.1, -0.05) is 59.6 Å². The van der Waals surface area contributed by atoms with Gasteiger partial charge in [0, 0.05) is 16.9 Å². The molecule has 166 valence electrons. The van der Waals surface area contributed by atoms with Crippen molar-refractivity contribution in [3.8, 4) is 0 Å². The first kappa shape index (κ1) is 22.3. The largest absolute Gasteiger partial charge is 0.350 e. The fourth-order valence-electron chi connectivity index (χ4n) is 3.56. The number of hydrogen-bond acceptors (Lipinski definition) is 4. The molecule has 0 fully saturated rings. The van der Waals surface area contributed by atoms with E-state index in [2.05, 4.69) is 10.6 Å². The number of rotatable bonds is 6. The van der Waals surface area contributed by atoms with Gasteiger partial charge in [-0.15, -0.1) is 0 Å². The molecule has 33 heavy (non-hydrogen) atoms. The average Bonchev–Trinajstić information content (AvgIpc) is 3.00. The highest BCUT2D eigenvalue weighted by molar-refractivity contribution is 6.48. The number of aryl methyl sites for hydroxylation is 2. The third-order valence-corrected chi connectivity index (χ3v) is 5.69. The number of carbonyl (C=O) groups excluding carboxylic acids is 3. The zero-order chi connectivity index (χ0) is 23.5. The second-order valence-corrected chi connectivity index (χ2v) is 8.22. The molecular weight excluding hydrogens is 438 g/mol. The van der Waals surface area contributed by atoms with Crippen LogP contribution in [-0.4, -0.2) is 22.6 Å². The quantitative estimate of drug-likeness (QED) is 0.509. The van der Waals surface area contributed by atoms with E-state index in [9.17, 15) is 14.4 Å². The minimum Gasteiger partial charge on any atom is -0.350 e. The van der Waals surface area contributed by atoms with Crippen LogP contribution in [0.3, 0.4) is 0 Å². The number of imide groups is 1. The Morgan fingerprint density at radius 3 is 2.27 bits per heavy atom. The van der Waals surface area contributed by atoms with Gasteiger partial charge in [0.25, 0.3) is 17.7 Å². The van der Waals surface area contributed by atoms with E-state index >= 15 is 0 Å². The molecule has 1 heterocycles. The van der Waals surface area contributed by atoms with Crippen LogP contribution < -0.4 is 10.6 Å². The van der Waals surface area contributed by atoms with Gasteiger partial charge in [-0.3, -0.25) is 19.3 Å². The van der Waals surface area contributed by atoms with Gasteiger partial charge in [0.05, 0.1) is 6.54 Å². The predicted octanol–water partition coefficient (Wildman–Crippen LogP) is 4.99. The Balaban J connectivity index is 1.44. The van der Waals surface area contributed by atoms with Crippen molar-refractivity contribution in [2.75, 3.05) is 10.6 Å². The van der Waals surface area contributed by atoms with E-state index in [-0.39, 0.29) is 23.2 Å². The van der Waals surface area contributed by atoms with Crippen molar-refractivity contribution in [3.05, 3.63) is 106 Å². The SMILES string of the molecule is Cc1ccc(NC(=O)c2ccc(NC3=C(Cl)C(=O)N(Cc4ccccc4)C3=O)cc2)c(C)c1. The van der Waals surface area contributed by atoms with Gasteiger partial charge in [0.15, 0.2) is 0 Å². The molecule has 1 aliphatic rings. The van der Waals surface area contributed by atoms with Crippen LogP contribution >= 0.6 is 11.6 Å². The number of carbonyl (C=O) groups is 3. The van der Waals surface area contributed by atoms with Crippen LogP contribution in [0.2, 0.25) is 0 Å². The highest BCUT2D eigenvalue weighted by Crippen LogP contribution is 2.27. The van der Waals surface area contributed by atoms with Crippen molar-refractivity contribution >= 4 is 40.7 Å². The molecule has 0 saturated carbocycles. The Hall–Kier alpha value is -3.90. The number of nitrogens with one attached hydrogen (secondary N) is 2. The summed E-state index contributed by atoms with van der Waals surface area (Å²) in [5.74, 6) is -1.28. The lowest BCUT2D eigenvalue weighted by molar-refractivity contribution is -0.138. The van der Waals surface area contributed by atoms with Crippen molar-refractivity contribution < 1.29 is 14.4 Å². The highest BCUT2D eigenvalue weighted by atomic mass is 35.5. The van der Waals surface area contributed by atoms with Crippen molar-refractivity contribution in [1.29, 1.82) is 0 Å². The van der Waals surface area contributed by atoms with E-state index in [1.165, 1.54) is 0 Å². The average molecular weight is 460 g/mol. The molecule has 0 aliphatic carbocycles. The molecule has 0 saturated heterocycles. The molecule has 3 aromatic carbocycles. The van der Waals surface area contributed by atoms with Crippen molar-refractivity contribution in [1.82, 2.24) is 4.90 Å². The van der Waals surface area contributed by atoms with Crippen LogP contribution in [0.5, 0.6) is 0 Å². The maximum atomic E-state index is 12.8. The molecule has 0 aromatic heterocycles. The normalized spacial score (nSPS) is 13.5. The van der Waals surface area contributed by atoms with E-state index in [0.717, 1.165) is 27.3 Å². The first-order valence-electron chi connectivity index (χ1n) is 10.4. The van der Waals surface area contributed by atoms with Crippen molar-refractivity contribution in [3.63, 3.8) is 0 Å². The van der Waals surface area contributed by atoms with Crippen LogP contribution in [0.15, 0.2) is 83.5 Å².